The summed E-state index contributed by atoms with van der Waals surface area (Å²) in [6, 6.07) is 15.8. The number of amides is 1. The fraction of sp³-hybridized carbons (Fsp3) is 0.208. The number of benzene rings is 2. The van der Waals surface area contributed by atoms with E-state index in [1.54, 1.807) is 12.3 Å². The summed E-state index contributed by atoms with van der Waals surface area (Å²) in [7, 11) is 2.06. The molecule has 7 heteroatoms. The number of primary amides is 1. The number of carbonyl (C=O) groups excluding carboxylic acids is 1. The number of rotatable bonds is 5. The van der Waals surface area contributed by atoms with E-state index in [1.165, 1.54) is 5.56 Å². The minimum absolute atomic E-state index is 0.451. The highest BCUT2D eigenvalue weighted by Gasteiger charge is 2.23. The molecule has 0 unspecified atom stereocenters. The molecule has 0 fully saturated rings. The lowest BCUT2D eigenvalue weighted by atomic mass is 10.0. The van der Waals surface area contributed by atoms with E-state index >= 15 is 0 Å². The van der Waals surface area contributed by atoms with Crippen LogP contribution in [0.4, 0.5) is 11.6 Å². The van der Waals surface area contributed by atoms with Crippen molar-refractivity contribution in [2.75, 3.05) is 23.8 Å². The molecule has 1 amide bonds. The number of carbonyl (C=O) groups is 1. The Kier molecular flexibility index (Phi) is 4.78. The Hall–Kier alpha value is -3.87. The number of anilines is 2. The van der Waals surface area contributed by atoms with Crippen molar-refractivity contribution in [3.63, 3.8) is 0 Å². The molecular formula is C24H24N6O. The summed E-state index contributed by atoms with van der Waals surface area (Å²) >= 11 is 0. The topological polar surface area (TPSA) is 99.9 Å². The molecule has 0 radical (unpaired) electrons. The van der Waals surface area contributed by atoms with Gasteiger partial charge in [-0.2, -0.15) is 0 Å². The number of hydrogen-bond donors (Lipinski definition) is 3. The van der Waals surface area contributed by atoms with Crippen LogP contribution < -0.4 is 16.0 Å². The first-order chi connectivity index (χ1) is 15.1. The Morgan fingerprint density at radius 1 is 1.13 bits per heavy atom. The van der Waals surface area contributed by atoms with Crippen molar-refractivity contribution in [1.82, 2.24) is 15.0 Å². The predicted octanol–water partition coefficient (Wildman–Crippen LogP) is 3.72. The summed E-state index contributed by atoms with van der Waals surface area (Å²) in [5, 5.41) is 5.18. The van der Waals surface area contributed by atoms with Gasteiger partial charge in [0.15, 0.2) is 5.82 Å². The number of nitrogens with two attached hydrogens (primary N) is 1. The Balaban J connectivity index is 1.61. The zero-order valence-electron chi connectivity index (χ0n) is 17.4. The van der Waals surface area contributed by atoms with Crippen molar-refractivity contribution in [3.05, 3.63) is 71.4 Å². The molecule has 0 spiro atoms. The summed E-state index contributed by atoms with van der Waals surface area (Å²) in [5.41, 5.74) is 9.15. The normalized spacial score (nSPS) is 13.3. The van der Waals surface area contributed by atoms with Crippen molar-refractivity contribution in [2.45, 2.75) is 19.4 Å². The summed E-state index contributed by atoms with van der Waals surface area (Å²) < 4.78 is 0. The molecule has 2 aromatic carbocycles. The molecule has 4 N–H and O–H groups in total. The smallest absolute Gasteiger partial charge is 0.249 e. The number of aromatic amines is 1. The number of aromatic nitrogens is 3. The SMILES string of the molecule is CN1CCCc2c(NCc3ccccc3)nc(-c3[nH]cc4c(C(N)=O)cccc34)nc21. The molecule has 0 atom stereocenters. The van der Waals surface area contributed by atoms with E-state index < -0.39 is 5.91 Å². The molecule has 0 saturated heterocycles. The minimum atomic E-state index is -0.451. The summed E-state index contributed by atoms with van der Waals surface area (Å²) in [5.74, 6) is 1.94. The van der Waals surface area contributed by atoms with Gasteiger partial charge in [0.25, 0.3) is 0 Å². The van der Waals surface area contributed by atoms with Crippen LogP contribution >= 0.6 is 0 Å². The lowest BCUT2D eigenvalue weighted by Gasteiger charge is -2.28. The number of H-pyrrole nitrogens is 1. The quantitative estimate of drug-likeness (QED) is 0.464. The molecule has 1 aliphatic rings. The molecule has 1 aliphatic heterocycles. The van der Waals surface area contributed by atoms with E-state index in [-0.39, 0.29) is 0 Å². The monoisotopic (exact) mass is 412 g/mol. The number of fused-ring (bicyclic) bond motifs is 2. The Morgan fingerprint density at radius 3 is 2.77 bits per heavy atom. The maximum Gasteiger partial charge on any atom is 0.249 e. The van der Waals surface area contributed by atoms with Gasteiger partial charge >= 0.3 is 0 Å². The van der Waals surface area contributed by atoms with Gasteiger partial charge in [-0.15, -0.1) is 0 Å². The first-order valence-corrected chi connectivity index (χ1v) is 10.4. The van der Waals surface area contributed by atoms with Crippen molar-refractivity contribution in [2.24, 2.45) is 5.73 Å². The van der Waals surface area contributed by atoms with E-state index in [0.717, 1.165) is 53.1 Å². The molecule has 7 nitrogen and oxygen atoms in total. The Morgan fingerprint density at radius 2 is 1.97 bits per heavy atom. The van der Waals surface area contributed by atoms with Gasteiger partial charge in [0.05, 0.1) is 5.69 Å². The van der Waals surface area contributed by atoms with Gasteiger partial charge in [-0.05, 0) is 24.5 Å². The molecule has 4 aromatic rings. The fourth-order valence-corrected chi connectivity index (χ4v) is 4.22. The molecular weight excluding hydrogens is 388 g/mol. The lowest BCUT2D eigenvalue weighted by Crippen LogP contribution is -2.27. The second-order valence-corrected chi connectivity index (χ2v) is 7.86. The van der Waals surface area contributed by atoms with E-state index in [4.69, 9.17) is 15.7 Å². The van der Waals surface area contributed by atoms with Crippen LogP contribution in [0.1, 0.15) is 27.9 Å². The van der Waals surface area contributed by atoms with Gasteiger partial charge < -0.3 is 20.9 Å². The maximum absolute atomic E-state index is 11.8. The molecule has 3 heterocycles. The number of nitrogens with zero attached hydrogens (tertiary/aromatic N) is 3. The van der Waals surface area contributed by atoms with Crippen molar-refractivity contribution >= 4 is 28.3 Å². The van der Waals surface area contributed by atoms with E-state index in [1.807, 2.05) is 30.3 Å². The largest absolute Gasteiger partial charge is 0.366 e. The Bertz CT molecular complexity index is 1260. The summed E-state index contributed by atoms with van der Waals surface area (Å²) in [4.78, 5) is 27.1. The van der Waals surface area contributed by atoms with Crippen LogP contribution in [0.2, 0.25) is 0 Å². The third-order valence-electron chi connectivity index (χ3n) is 5.80. The molecule has 0 saturated carbocycles. The van der Waals surface area contributed by atoms with Crippen LogP contribution in [0.5, 0.6) is 0 Å². The first-order valence-electron chi connectivity index (χ1n) is 10.4. The molecule has 2 aromatic heterocycles. The third kappa shape index (κ3) is 3.48. The standard InChI is InChI=1S/C24H24N6O/c1-30-12-6-11-18-22(27-13-15-7-3-2-4-8-15)28-23(29-24(18)30)20-16-9-5-10-17(21(25)31)19(16)14-26-20/h2-5,7-10,14,26H,6,11-13H2,1H3,(H2,25,31)(H,27,28,29). The van der Waals surface area contributed by atoms with Crippen molar-refractivity contribution < 1.29 is 4.79 Å². The Labute approximate surface area is 180 Å². The second kappa shape index (κ2) is 7.75. The average Bonchev–Trinajstić information content (AvgIpc) is 3.22. The first kappa shape index (κ1) is 19.1. The highest BCUT2D eigenvalue weighted by molar-refractivity contribution is 6.09. The third-order valence-corrected chi connectivity index (χ3v) is 5.80. The van der Waals surface area contributed by atoms with E-state index in [0.29, 0.717) is 17.9 Å². The van der Waals surface area contributed by atoms with Crippen molar-refractivity contribution in [3.8, 4) is 11.5 Å². The van der Waals surface area contributed by atoms with Crippen LogP contribution in [-0.2, 0) is 13.0 Å². The van der Waals surface area contributed by atoms with Gasteiger partial charge in [-0.25, -0.2) is 9.97 Å². The van der Waals surface area contributed by atoms with E-state index in [2.05, 4.69) is 34.4 Å². The van der Waals surface area contributed by atoms with Crippen LogP contribution in [0.25, 0.3) is 22.3 Å². The van der Waals surface area contributed by atoms with Crippen LogP contribution in [0, 0.1) is 0 Å². The van der Waals surface area contributed by atoms with Crippen LogP contribution in [0.15, 0.2) is 54.7 Å². The predicted molar refractivity (Wildman–Crippen MR) is 123 cm³/mol. The average molecular weight is 412 g/mol. The lowest BCUT2D eigenvalue weighted by molar-refractivity contribution is 0.100. The molecule has 5 rings (SSSR count). The van der Waals surface area contributed by atoms with Gasteiger partial charge in [0, 0.05) is 48.2 Å². The van der Waals surface area contributed by atoms with E-state index in [9.17, 15) is 4.79 Å². The molecule has 0 bridgehead atoms. The highest BCUT2D eigenvalue weighted by atomic mass is 16.1. The molecule has 0 aliphatic carbocycles. The maximum atomic E-state index is 11.8. The summed E-state index contributed by atoms with van der Waals surface area (Å²) in [6.07, 6.45) is 3.81. The number of hydrogen-bond acceptors (Lipinski definition) is 5. The minimum Gasteiger partial charge on any atom is -0.366 e. The van der Waals surface area contributed by atoms with Gasteiger partial charge in [-0.1, -0.05) is 42.5 Å². The van der Waals surface area contributed by atoms with Gasteiger partial charge in [0.1, 0.15) is 11.6 Å². The zero-order chi connectivity index (χ0) is 21.4. The van der Waals surface area contributed by atoms with Crippen LogP contribution in [-0.4, -0.2) is 34.5 Å². The highest BCUT2D eigenvalue weighted by Crippen LogP contribution is 2.34. The van der Waals surface area contributed by atoms with Crippen molar-refractivity contribution in [1.29, 1.82) is 0 Å². The van der Waals surface area contributed by atoms with Crippen LogP contribution in [0.3, 0.4) is 0 Å². The van der Waals surface area contributed by atoms with Gasteiger partial charge in [-0.3, -0.25) is 4.79 Å². The van der Waals surface area contributed by atoms with Gasteiger partial charge in [0.2, 0.25) is 5.91 Å². The molecule has 156 valence electrons. The summed E-state index contributed by atoms with van der Waals surface area (Å²) in [6.45, 7) is 1.64. The number of nitrogens with one attached hydrogen (secondary N) is 2. The molecule has 31 heavy (non-hydrogen) atoms. The second-order valence-electron chi connectivity index (χ2n) is 7.86. The zero-order valence-corrected chi connectivity index (χ0v) is 17.4. The fourth-order valence-electron chi connectivity index (χ4n) is 4.22.